The molecule has 1 N–H and O–H groups in total. The normalized spacial score (nSPS) is 30.4. The summed E-state index contributed by atoms with van der Waals surface area (Å²) in [6, 6.07) is 6.08. The Morgan fingerprint density at radius 2 is 2.08 bits per heavy atom. The van der Waals surface area contributed by atoms with Crippen LogP contribution in [0, 0.1) is 5.92 Å². The molecule has 1 saturated carbocycles. The summed E-state index contributed by atoms with van der Waals surface area (Å²) < 4.78 is 16.6. The quantitative estimate of drug-likeness (QED) is 0.875. The Balaban J connectivity index is 1.44. The lowest BCUT2D eigenvalue weighted by molar-refractivity contribution is -0.134. The molecule has 1 aromatic rings. The molecule has 0 aromatic heterocycles. The molecule has 2 aliphatic heterocycles. The molecule has 1 amide bonds. The van der Waals surface area contributed by atoms with Gasteiger partial charge in [-0.1, -0.05) is 6.07 Å². The summed E-state index contributed by atoms with van der Waals surface area (Å²) in [6.45, 7) is 1.88. The van der Waals surface area contributed by atoms with Crippen molar-refractivity contribution < 1.29 is 24.1 Å². The van der Waals surface area contributed by atoms with Crippen LogP contribution in [-0.4, -0.2) is 61.5 Å². The lowest BCUT2D eigenvalue weighted by Gasteiger charge is -2.24. The number of ether oxygens (including phenoxy) is 3. The molecule has 6 heteroatoms. The van der Waals surface area contributed by atoms with Gasteiger partial charge in [-0.05, 0) is 42.9 Å². The van der Waals surface area contributed by atoms with Crippen molar-refractivity contribution in [2.75, 3.05) is 33.5 Å². The van der Waals surface area contributed by atoms with Crippen LogP contribution in [0.2, 0.25) is 0 Å². The van der Waals surface area contributed by atoms with Crippen LogP contribution < -0.4 is 9.47 Å². The van der Waals surface area contributed by atoms with Gasteiger partial charge in [0, 0.05) is 32.2 Å². The Labute approximate surface area is 147 Å². The first-order chi connectivity index (χ1) is 12.2. The number of amides is 1. The van der Waals surface area contributed by atoms with Crippen LogP contribution in [0.4, 0.5) is 0 Å². The van der Waals surface area contributed by atoms with Crippen molar-refractivity contribution in [3.8, 4) is 11.5 Å². The van der Waals surface area contributed by atoms with Crippen LogP contribution in [0.15, 0.2) is 18.2 Å². The number of benzene rings is 1. The number of fused-ring (bicyclic) bond motifs is 1. The summed E-state index contributed by atoms with van der Waals surface area (Å²) in [6.07, 6.45) is 2.38. The number of carbonyl (C=O) groups is 1. The van der Waals surface area contributed by atoms with E-state index in [2.05, 4.69) is 0 Å². The van der Waals surface area contributed by atoms with Crippen LogP contribution in [0.1, 0.15) is 30.7 Å². The first kappa shape index (κ1) is 16.7. The lowest BCUT2D eigenvalue weighted by atomic mass is 10.1. The molecule has 4 atom stereocenters. The van der Waals surface area contributed by atoms with Crippen molar-refractivity contribution in [3.05, 3.63) is 23.8 Å². The van der Waals surface area contributed by atoms with Gasteiger partial charge in [-0.15, -0.1) is 0 Å². The summed E-state index contributed by atoms with van der Waals surface area (Å²) in [7, 11) is 1.68. The lowest BCUT2D eigenvalue weighted by Crippen LogP contribution is -2.37. The van der Waals surface area contributed by atoms with E-state index in [4.69, 9.17) is 14.2 Å². The Morgan fingerprint density at radius 3 is 2.84 bits per heavy atom. The maximum atomic E-state index is 13.0. The van der Waals surface area contributed by atoms with Crippen molar-refractivity contribution >= 4 is 5.91 Å². The number of likely N-dealkylation sites (tertiary alicyclic amines) is 1. The van der Waals surface area contributed by atoms with Gasteiger partial charge in [0.15, 0.2) is 11.5 Å². The second-order valence-corrected chi connectivity index (χ2v) is 7.10. The molecule has 1 aromatic carbocycles. The first-order valence-electron chi connectivity index (χ1n) is 9.05. The van der Waals surface area contributed by atoms with Crippen LogP contribution in [-0.2, 0) is 9.53 Å². The Kier molecular flexibility index (Phi) is 4.56. The molecule has 0 bridgehead atoms. The largest absolute Gasteiger partial charge is 0.486 e. The van der Waals surface area contributed by atoms with E-state index >= 15 is 0 Å². The predicted molar refractivity (Wildman–Crippen MR) is 90.9 cm³/mol. The summed E-state index contributed by atoms with van der Waals surface area (Å²) >= 11 is 0. The monoisotopic (exact) mass is 347 g/mol. The van der Waals surface area contributed by atoms with Crippen LogP contribution in [0.3, 0.4) is 0 Å². The molecule has 1 saturated heterocycles. The minimum atomic E-state index is 0.0272. The number of methoxy groups -OCH3 is 1. The summed E-state index contributed by atoms with van der Waals surface area (Å²) in [4.78, 5) is 14.9. The number of carbonyl (C=O) groups excluding carboxylic acids is 1. The molecule has 0 radical (unpaired) electrons. The third-order valence-corrected chi connectivity index (χ3v) is 5.56. The highest BCUT2D eigenvalue weighted by Crippen LogP contribution is 2.50. The Morgan fingerprint density at radius 1 is 1.28 bits per heavy atom. The highest BCUT2D eigenvalue weighted by molar-refractivity contribution is 5.83. The van der Waals surface area contributed by atoms with Crippen molar-refractivity contribution in [1.29, 1.82) is 0 Å². The molecule has 0 spiro atoms. The number of aliphatic hydroxyl groups is 1. The number of rotatable bonds is 5. The van der Waals surface area contributed by atoms with Gasteiger partial charge in [-0.2, -0.15) is 0 Å². The molecule has 6 nitrogen and oxygen atoms in total. The molecule has 4 rings (SSSR count). The van der Waals surface area contributed by atoms with Crippen LogP contribution >= 0.6 is 0 Å². The van der Waals surface area contributed by atoms with E-state index < -0.39 is 0 Å². The van der Waals surface area contributed by atoms with Crippen molar-refractivity contribution in [2.24, 2.45) is 5.92 Å². The second kappa shape index (κ2) is 6.84. The van der Waals surface area contributed by atoms with Gasteiger partial charge in [0.25, 0.3) is 0 Å². The van der Waals surface area contributed by atoms with Gasteiger partial charge in [0.1, 0.15) is 13.2 Å². The second-order valence-electron chi connectivity index (χ2n) is 7.10. The average Bonchev–Trinajstić information content (AvgIpc) is 3.35. The molecule has 1 aliphatic carbocycles. The fourth-order valence-electron chi connectivity index (χ4n) is 4.08. The zero-order valence-corrected chi connectivity index (χ0v) is 14.5. The smallest absolute Gasteiger partial charge is 0.226 e. The molecule has 2 fully saturated rings. The van der Waals surface area contributed by atoms with E-state index in [1.165, 1.54) is 0 Å². The standard InChI is InChI=1S/C19H25NO5/c1-23-14-9-13(4-5-21)20(11-14)19(22)16-10-15(16)12-2-3-17-18(8-12)25-7-6-24-17/h2-3,8,13-16,21H,4-7,9-11H2,1H3/t13-,14+,15+,16-/m1/s1. The topological polar surface area (TPSA) is 68.2 Å². The first-order valence-corrected chi connectivity index (χ1v) is 9.05. The molecular weight excluding hydrogens is 322 g/mol. The maximum absolute atomic E-state index is 13.0. The molecule has 25 heavy (non-hydrogen) atoms. The summed E-state index contributed by atoms with van der Waals surface area (Å²) in [5.41, 5.74) is 1.14. The molecule has 3 aliphatic rings. The van der Waals surface area contributed by atoms with E-state index in [-0.39, 0.29) is 36.5 Å². The molecular formula is C19H25NO5. The highest BCUT2D eigenvalue weighted by atomic mass is 16.6. The minimum absolute atomic E-state index is 0.0272. The van der Waals surface area contributed by atoms with Gasteiger partial charge in [-0.3, -0.25) is 4.79 Å². The molecule has 0 unspecified atom stereocenters. The zero-order valence-electron chi connectivity index (χ0n) is 14.5. The predicted octanol–water partition coefficient (Wildman–Crippen LogP) is 1.56. The summed E-state index contributed by atoms with van der Waals surface area (Å²) in [5.74, 6) is 2.03. The minimum Gasteiger partial charge on any atom is -0.486 e. The Bertz CT molecular complexity index is 649. The number of nitrogens with zero attached hydrogens (tertiary/aromatic N) is 1. The number of hydrogen-bond acceptors (Lipinski definition) is 5. The van der Waals surface area contributed by atoms with Crippen molar-refractivity contribution in [1.82, 2.24) is 4.90 Å². The average molecular weight is 347 g/mol. The third-order valence-electron chi connectivity index (χ3n) is 5.56. The maximum Gasteiger partial charge on any atom is 0.226 e. The van der Waals surface area contributed by atoms with Crippen LogP contribution in [0.25, 0.3) is 0 Å². The van der Waals surface area contributed by atoms with Crippen LogP contribution in [0.5, 0.6) is 11.5 Å². The van der Waals surface area contributed by atoms with E-state index in [0.717, 1.165) is 29.9 Å². The summed E-state index contributed by atoms with van der Waals surface area (Å²) in [5, 5.41) is 9.28. The zero-order chi connectivity index (χ0) is 17.4. The fourth-order valence-corrected chi connectivity index (χ4v) is 4.08. The van der Waals surface area contributed by atoms with E-state index in [1.54, 1.807) is 7.11 Å². The third kappa shape index (κ3) is 3.20. The highest BCUT2D eigenvalue weighted by Gasteiger charge is 2.49. The van der Waals surface area contributed by atoms with Gasteiger partial charge in [0.2, 0.25) is 5.91 Å². The van der Waals surface area contributed by atoms with Gasteiger partial charge in [-0.25, -0.2) is 0 Å². The van der Waals surface area contributed by atoms with E-state index in [1.807, 2.05) is 23.1 Å². The Hall–Kier alpha value is -1.79. The SMILES string of the molecule is CO[C@H]1C[C@@H](CCO)N(C(=O)[C@@H]2C[C@H]2c2ccc3c(c2)OCCO3)C1. The fraction of sp³-hybridized carbons (Fsp3) is 0.632. The molecule has 136 valence electrons. The van der Waals surface area contributed by atoms with Gasteiger partial charge in [0.05, 0.1) is 6.10 Å². The number of hydrogen-bond donors (Lipinski definition) is 1. The van der Waals surface area contributed by atoms with E-state index in [0.29, 0.717) is 26.2 Å². The van der Waals surface area contributed by atoms with Gasteiger partial charge >= 0.3 is 0 Å². The molecule has 2 heterocycles. The van der Waals surface area contributed by atoms with E-state index in [9.17, 15) is 9.90 Å². The van der Waals surface area contributed by atoms with Gasteiger partial charge < -0.3 is 24.2 Å². The van der Waals surface area contributed by atoms with Crippen molar-refractivity contribution in [2.45, 2.75) is 37.3 Å². The van der Waals surface area contributed by atoms with Crippen molar-refractivity contribution in [3.63, 3.8) is 0 Å². The number of aliphatic hydroxyl groups excluding tert-OH is 1.